The monoisotopic (exact) mass is 358 g/mol. The number of hydrogen-bond donors (Lipinski definition) is 2. The Hall–Kier alpha value is -2.07. The lowest BCUT2D eigenvalue weighted by Crippen LogP contribution is -2.39. The Labute approximate surface area is 155 Å². The van der Waals surface area contributed by atoms with E-state index < -0.39 is 0 Å². The van der Waals surface area contributed by atoms with E-state index in [1.54, 1.807) is 0 Å². The molecular formula is C20H27ClN4. The summed E-state index contributed by atoms with van der Waals surface area (Å²) in [6.45, 7) is 8.77. The van der Waals surface area contributed by atoms with Gasteiger partial charge >= 0.3 is 0 Å². The van der Waals surface area contributed by atoms with Gasteiger partial charge in [0.15, 0.2) is 5.96 Å². The third-order valence-corrected chi connectivity index (χ3v) is 4.25. The van der Waals surface area contributed by atoms with E-state index in [0.29, 0.717) is 6.54 Å². The van der Waals surface area contributed by atoms with Crippen LogP contribution in [0.25, 0.3) is 0 Å². The Morgan fingerprint density at radius 2 is 1.88 bits per heavy atom. The van der Waals surface area contributed by atoms with Crippen molar-refractivity contribution in [2.75, 3.05) is 19.6 Å². The fourth-order valence-electron chi connectivity index (χ4n) is 2.47. The summed E-state index contributed by atoms with van der Waals surface area (Å²) in [4.78, 5) is 9.10. The van der Waals surface area contributed by atoms with Gasteiger partial charge in [0.1, 0.15) is 0 Å². The van der Waals surface area contributed by atoms with E-state index in [-0.39, 0.29) is 5.41 Å². The summed E-state index contributed by atoms with van der Waals surface area (Å²) in [7, 11) is 0. The SMILES string of the molecule is CCNC(=NCC(C)(C)c1ccc(Cl)cc1)NCCc1ccccn1. The zero-order valence-electron chi connectivity index (χ0n) is 15.2. The van der Waals surface area contributed by atoms with Crippen LogP contribution < -0.4 is 10.6 Å². The van der Waals surface area contributed by atoms with Crippen LogP contribution in [-0.4, -0.2) is 30.6 Å². The molecule has 1 aromatic carbocycles. The topological polar surface area (TPSA) is 49.3 Å². The number of halogens is 1. The first-order valence-corrected chi connectivity index (χ1v) is 9.07. The molecule has 0 aliphatic carbocycles. The highest BCUT2D eigenvalue weighted by Gasteiger charge is 2.20. The van der Waals surface area contributed by atoms with Crippen molar-refractivity contribution in [2.45, 2.75) is 32.6 Å². The number of nitrogens with one attached hydrogen (secondary N) is 2. The number of guanidine groups is 1. The Balaban J connectivity index is 1.94. The molecule has 2 aromatic rings. The molecule has 5 heteroatoms. The molecule has 0 radical (unpaired) electrons. The molecule has 0 aliphatic heterocycles. The highest BCUT2D eigenvalue weighted by Crippen LogP contribution is 2.24. The Morgan fingerprint density at radius 3 is 2.52 bits per heavy atom. The van der Waals surface area contributed by atoms with E-state index in [1.807, 2.05) is 36.5 Å². The Kier molecular flexibility index (Phi) is 7.26. The molecule has 0 bridgehead atoms. The predicted octanol–water partition coefficient (Wildman–Crippen LogP) is 3.81. The zero-order chi connectivity index (χ0) is 18.1. The standard InChI is InChI=1S/C20H27ClN4/c1-4-22-19(24-14-12-18-7-5-6-13-23-18)25-15-20(2,3)16-8-10-17(21)11-9-16/h5-11,13H,4,12,14-15H2,1-3H3,(H2,22,24,25). The molecule has 2 rings (SSSR count). The second-order valence-corrected chi connectivity index (χ2v) is 7.02. The van der Waals surface area contributed by atoms with Crippen molar-refractivity contribution >= 4 is 17.6 Å². The fraction of sp³-hybridized carbons (Fsp3) is 0.400. The molecule has 0 aliphatic rings. The smallest absolute Gasteiger partial charge is 0.191 e. The number of benzene rings is 1. The van der Waals surface area contributed by atoms with Crippen molar-refractivity contribution in [3.8, 4) is 0 Å². The number of hydrogen-bond acceptors (Lipinski definition) is 2. The molecule has 0 atom stereocenters. The number of nitrogens with zero attached hydrogens (tertiary/aromatic N) is 2. The van der Waals surface area contributed by atoms with E-state index in [0.717, 1.165) is 36.2 Å². The first-order valence-electron chi connectivity index (χ1n) is 8.69. The molecule has 0 unspecified atom stereocenters. The molecule has 0 amide bonds. The predicted molar refractivity (Wildman–Crippen MR) is 106 cm³/mol. The van der Waals surface area contributed by atoms with Gasteiger partial charge in [0.2, 0.25) is 0 Å². The molecular weight excluding hydrogens is 332 g/mol. The van der Waals surface area contributed by atoms with Gasteiger partial charge in [0, 0.05) is 41.8 Å². The van der Waals surface area contributed by atoms with Crippen molar-refractivity contribution in [1.29, 1.82) is 0 Å². The molecule has 0 spiro atoms. The first kappa shape index (κ1) is 19.3. The number of pyridine rings is 1. The lowest BCUT2D eigenvalue weighted by atomic mass is 9.85. The molecule has 4 nitrogen and oxygen atoms in total. The second-order valence-electron chi connectivity index (χ2n) is 6.58. The second kappa shape index (κ2) is 9.42. The average molecular weight is 359 g/mol. The summed E-state index contributed by atoms with van der Waals surface area (Å²) >= 11 is 5.99. The van der Waals surface area contributed by atoms with E-state index in [4.69, 9.17) is 16.6 Å². The largest absolute Gasteiger partial charge is 0.357 e. The van der Waals surface area contributed by atoms with Gasteiger partial charge in [-0.2, -0.15) is 0 Å². The van der Waals surface area contributed by atoms with Crippen molar-refractivity contribution in [1.82, 2.24) is 15.6 Å². The maximum absolute atomic E-state index is 5.99. The maximum atomic E-state index is 5.99. The van der Waals surface area contributed by atoms with Gasteiger partial charge in [-0.05, 0) is 36.8 Å². The summed E-state index contributed by atoms with van der Waals surface area (Å²) in [5.41, 5.74) is 2.24. The first-order chi connectivity index (χ1) is 12.0. The van der Waals surface area contributed by atoms with Crippen molar-refractivity contribution in [2.24, 2.45) is 4.99 Å². The Morgan fingerprint density at radius 1 is 1.12 bits per heavy atom. The number of aliphatic imine (C=N–C) groups is 1. The van der Waals surface area contributed by atoms with Gasteiger partial charge in [-0.15, -0.1) is 0 Å². The highest BCUT2D eigenvalue weighted by atomic mass is 35.5. The van der Waals surface area contributed by atoms with Crippen molar-refractivity contribution < 1.29 is 0 Å². The molecule has 1 aromatic heterocycles. The van der Waals surface area contributed by atoms with Gasteiger partial charge in [-0.25, -0.2) is 0 Å². The molecule has 134 valence electrons. The van der Waals surface area contributed by atoms with Crippen molar-refractivity contribution in [3.63, 3.8) is 0 Å². The van der Waals surface area contributed by atoms with Crippen LogP contribution in [0.1, 0.15) is 32.0 Å². The van der Waals surface area contributed by atoms with Gasteiger partial charge in [0.25, 0.3) is 0 Å². The lowest BCUT2D eigenvalue weighted by Gasteiger charge is -2.24. The molecule has 0 saturated heterocycles. The third-order valence-electron chi connectivity index (χ3n) is 4.00. The van der Waals surface area contributed by atoms with Gasteiger partial charge in [-0.1, -0.05) is 43.6 Å². The minimum absolute atomic E-state index is 0.0616. The summed E-state index contributed by atoms with van der Waals surface area (Å²) < 4.78 is 0. The van der Waals surface area contributed by atoms with Crippen LogP contribution in [0.5, 0.6) is 0 Å². The summed E-state index contributed by atoms with van der Waals surface area (Å²) in [5.74, 6) is 0.834. The van der Waals surface area contributed by atoms with Crippen LogP contribution in [0.3, 0.4) is 0 Å². The summed E-state index contributed by atoms with van der Waals surface area (Å²) in [5, 5.41) is 7.44. The van der Waals surface area contributed by atoms with Crippen LogP contribution in [0.4, 0.5) is 0 Å². The molecule has 2 N–H and O–H groups in total. The number of rotatable bonds is 7. The minimum Gasteiger partial charge on any atom is -0.357 e. The molecule has 0 saturated carbocycles. The third kappa shape index (κ3) is 6.39. The van der Waals surface area contributed by atoms with Gasteiger partial charge in [0.05, 0.1) is 6.54 Å². The molecule has 25 heavy (non-hydrogen) atoms. The Bertz CT molecular complexity index is 666. The minimum atomic E-state index is -0.0616. The maximum Gasteiger partial charge on any atom is 0.191 e. The summed E-state index contributed by atoms with van der Waals surface area (Å²) in [6, 6.07) is 14.0. The van der Waals surface area contributed by atoms with E-state index >= 15 is 0 Å². The zero-order valence-corrected chi connectivity index (χ0v) is 16.0. The van der Waals surface area contributed by atoms with Gasteiger partial charge in [-0.3, -0.25) is 9.98 Å². The van der Waals surface area contributed by atoms with E-state index in [2.05, 4.69) is 48.5 Å². The number of aromatic nitrogens is 1. The van der Waals surface area contributed by atoms with E-state index in [9.17, 15) is 0 Å². The van der Waals surface area contributed by atoms with Crippen LogP contribution in [0.2, 0.25) is 5.02 Å². The van der Waals surface area contributed by atoms with Crippen molar-refractivity contribution in [3.05, 3.63) is 64.9 Å². The molecule has 1 heterocycles. The fourth-order valence-corrected chi connectivity index (χ4v) is 2.59. The van der Waals surface area contributed by atoms with Crippen LogP contribution >= 0.6 is 11.6 Å². The quantitative estimate of drug-likeness (QED) is 0.584. The molecule has 0 fully saturated rings. The lowest BCUT2D eigenvalue weighted by molar-refractivity contribution is 0.537. The normalized spacial score (nSPS) is 12.1. The van der Waals surface area contributed by atoms with Crippen LogP contribution in [0, 0.1) is 0 Å². The van der Waals surface area contributed by atoms with E-state index in [1.165, 1.54) is 5.56 Å². The van der Waals surface area contributed by atoms with Crippen LogP contribution in [0.15, 0.2) is 53.7 Å². The summed E-state index contributed by atoms with van der Waals surface area (Å²) in [6.07, 6.45) is 2.69. The van der Waals surface area contributed by atoms with Gasteiger partial charge < -0.3 is 10.6 Å². The highest BCUT2D eigenvalue weighted by molar-refractivity contribution is 6.30. The average Bonchev–Trinajstić information content (AvgIpc) is 2.61. The van der Waals surface area contributed by atoms with Crippen LogP contribution in [-0.2, 0) is 11.8 Å².